The highest BCUT2D eigenvalue weighted by molar-refractivity contribution is 6.33. The second kappa shape index (κ2) is 5.69. The van der Waals surface area contributed by atoms with Gasteiger partial charge in [-0.1, -0.05) is 18.5 Å². The minimum absolute atomic E-state index is 0.268. The van der Waals surface area contributed by atoms with Crippen LogP contribution in [0.3, 0.4) is 0 Å². The molecule has 2 rings (SSSR count). The van der Waals surface area contributed by atoms with E-state index in [-0.39, 0.29) is 5.82 Å². The number of anilines is 1. The summed E-state index contributed by atoms with van der Waals surface area (Å²) in [6.07, 6.45) is 3.19. The van der Waals surface area contributed by atoms with Gasteiger partial charge >= 0.3 is 0 Å². The number of nitrogens with one attached hydrogen (secondary N) is 1. The zero-order valence-electron chi connectivity index (χ0n) is 9.88. The number of ether oxygens (including phenoxy) is 1. The zero-order valence-corrected chi connectivity index (χ0v) is 10.6. The molecule has 0 radical (unpaired) electrons. The monoisotopic (exact) mass is 257 g/mol. The summed E-state index contributed by atoms with van der Waals surface area (Å²) in [5.74, 6) is -0.268. The summed E-state index contributed by atoms with van der Waals surface area (Å²) in [5.41, 5.74) is 0.674. The van der Waals surface area contributed by atoms with Crippen molar-refractivity contribution < 1.29 is 9.13 Å². The van der Waals surface area contributed by atoms with Gasteiger partial charge in [0.1, 0.15) is 5.82 Å². The molecule has 0 spiro atoms. The molecule has 0 amide bonds. The first-order valence-electron chi connectivity index (χ1n) is 6.02. The van der Waals surface area contributed by atoms with E-state index in [0.29, 0.717) is 22.9 Å². The fourth-order valence-corrected chi connectivity index (χ4v) is 2.30. The molecule has 1 N–H and O–H groups in total. The molecule has 1 aromatic rings. The highest BCUT2D eigenvalue weighted by Gasteiger charge is 2.21. The average Bonchev–Trinajstić information content (AvgIpc) is 2.34. The van der Waals surface area contributed by atoms with E-state index in [1.165, 1.54) is 12.1 Å². The lowest BCUT2D eigenvalue weighted by Crippen LogP contribution is -2.33. The molecule has 2 unspecified atom stereocenters. The van der Waals surface area contributed by atoms with Crippen LogP contribution in [0.15, 0.2) is 18.2 Å². The standard InChI is InChI=1S/C13H17ClFNO/c1-2-11-8-10(5-6-17-11)16-13-7-9(15)3-4-12(13)14/h3-4,7,10-11,16H,2,5-6,8H2,1H3. The highest BCUT2D eigenvalue weighted by atomic mass is 35.5. The number of benzene rings is 1. The van der Waals surface area contributed by atoms with Gasteiger partial charge in [-0.15, -0.1) is 0 Å². The molecule has 0 aliphatic carbocycles. The summed E-state index contributed by atoms with van der Waals surface area (Å²) in [5, 5.41) is 3.86. The molecule has 1 aliphatic rings. The summed E-state index contributed by atoms with van der Waals surface area (Å²) in [6.45, 7) is 2.87. The van der Waals surface area contributed by atoms with E-state index >= 15 is 0 Å². The second-order valence-corrected chi connectivity index (χ2v) is 4.80. The lowest BCUT2D eigenvalue weighted by molar-refractivity contribution is 0.00925. The Morgan fingerprint density at radius 1 is 1.53 bits per heavy atom. The number of hydrogen-bond acceptors (Lipinski definition) is 2. The third kappa shape index (κ3) is 3.33. The van der Waals surface area contributed by atoms with Crippen molar-refractivity contribution in [3.05, 3.63) is 29.0 Å². The van der Waals surface area contributed by atoms with Gasteiger partial charge in [0.05, 0.1) is 16.8 Å². The Kier molecular flexibility index (Phi) is 4.24. The molecule has 1 aliphatic heterocycles. The Hall–Kier alpha value is -0.800. The largest absolute Gasteiger partial charge is 0.381 e. The van der Waals surface area contributed by atoms with Gasteiger partial charge in [0.15, 0.2) is 0 Å². The maximum Gasteiger partial charge on any atom is 0.125 e. The van der Waals surface area contributed by atoms with Gasteiger partial charge in [0.2, 0.25) is 0 Å². The number of rotatable bonds is 3. The van der Waals surface area contributed by atoms with E-state index in [0.717, 1.165) is 25.9 Å². The van der Waals surface area contributed by atoms with Crippen LogP contribution in [0.2, 0.25) is 5.02 Å². The molecule has 1 fully saturated rings. The summed E-state index contributed by atoms with van der Waals surface area (Å²) in [4.78, 5) is 0. The van der Waals surface area contributed by atoms with Gasteiger partial charge in [0, 0.05) is 12.6 Å². The van der Waals surface area contributed by atoms with Gasteiger partial charge in [-0.25, -0.2) is 4.39 Å². The van der Waals surface area contributed by atoms with Crippen LogP contribution in [0.5, 0.6) is 0 Å². The maximum absolute atomic E-state index is 13.1. The Bertz CT molecular complexity index is 386. The van der Waals surface area contributed by atoms with E-state index in [2.05, 4.69) is 12.2 Å². The van der Waals surface area contributed by atoms with Crippen LogP contribution in [0.1, 0.15) is 26.2 Å². The van der Waals surface area contributed by atoms with Crippen LogP contribution in [0.25, 0.3) is 0 Å². The zero-order chi connectivity index (χ0) is 12.3. The van der Waals surface area contributed by atoms with Crippen molar-refractivity contribution in [2.24, 2.45) is 0 Å². The van der Waals surface area contributed by atoms with Crippen molar-refractivity contribution >= 4 is 17.3 Å². The molecule has 2 atom stereocenters. The fourth-order valence-electron chi connectivity index (χ4n) is 2.12. The van der Waals surface area contributed by atoms with E-state index in [1.807, 2.05) is 0 Å². The topological polar surface area (TPSA) is 21.3 Å². The Labute approximate surface area is 106 Å². The van der Waals surface area contributed by atoms with Gasteiger partial charge in [-0.05, 0) is 37.5 Å². The number of halogens is 2. The van der Waals surface area contributed by atoms with Crippen molar-refractivity contribution in [1.82, 2.24) is 0 Å². The Morgan fingerprint density at radius 3 is 3.12 bits per heavy atom. The van der Waals surface area contributed by atoms with Crippen LogP contribution in [0.4, 0.5) is 10.1 Å². The van der Waals surface area contributed by atoms with Crippen molar-refractivity contribution in [2.45, 2.75) is 38.3 Å². The fraction of sp³-hybridized carbons (Fsp3) is 0.538. The molecule has 1 aromatic carbocycles. The third-order valence-electron chi connectivity index (χ3n) is 3.11. The normalized spacial score (nSPS) is 24.6. The van der Waals surface area contributed by atoms with Gasteiger partial charge in [-0.3, -0.25) is 0 Å². The van der Waals surface area contributed by atoms with Crippen LogP contribution < -0.4 is 5.32 Å². The van der Waals surface area contributed by atoms with E-state index in [1.54, 1.807) is 6.07 Å². The Morgan fingerprint density at radius 2 is 2.35 bits per heavy atom. The Balaban J connectivity index is 2.02. The number of hydrogen-bond donors (Lipinski definition) is 1. The lowest BCUT2D eigenvalue weighted by atomic mass is 10.0. The van der Waals surface area contributed by atoms with Crippen molar-refractivity contribution in [3.63, 3.8) is 0 Å². The summed E-state index contributed by atoms with van der Waals surface area (Å²) < 4.78 is 18.7. The van der Waals surface area contributed by atoms with Crippen molar-refractivity contribution in [3.8, 4) is 0 Å². The van der Waals surface area contributed by atoms with Crippen LogP contribution in [-0.2, 0) is 4.74 Å². The molecule has 94 valence electrons. The molecule has 4 heteroatoms. The molecule has 0 aromatic heterocycles. The maximum atomic E-state index is 13.1. The van der Waals surface area contributed by atoms with Gasteiger partial charge in [-0.2, -0.15) is 0 Å². The quantitative estimate of drug-likeness (QED) is 0.888. The summed E-state index contributed by atoms with van der Waals surface area (Å²) in [6, 6.07) is 4.70. The predicted molar refractivity (Wildman–Crippen MR) is 68.1 cm³/mol. The lowest BCUT2D eigenvalue weighted by Gasteiger charge is -2.30. The second-order valence-electron chi connectivity index (χ2n) is 4.39. The van der Waals surface area contributed by atoms with Gasteiger partial charge < -0.3 is 10.1 Å². The summed E-state index contributed by atoms with van der Waals surface area (Å²) in [7, 11) is 0. The minimum Gasteiger partial charge on any atom is -0.381 e. The molecule has 0 saturated carbocycles. The van der Waals surface area contributed by atoms with E-state index in [9.17, 15) is 4.39 Å². The first kappa shape index (κ1) is 12.7. The molecule has 1 heterocycles. The summed E-state index contributed by atoms with van der Waals surface area (Å²) >= 11 is 6.03. The third-order valence-corrected chi connectivity index (χ3v) is 3.44. The van der Waals surface area contributed by atoms with Crippen LogP contribution in [0, 0.1) is 5.82 Å². The molecule has 17 heavy (non-hydrogen) atoms. The highest BCUT2D eigenvalue weighted by Crippen LogP contribution is 2.26. The average molecular weight is 258 g/mol. The molecule has 0 bridgehead atoms. The van der Waals surface area contributed by atoms with Gasteiger partial charge in [0.25, 0.3) is 0 Å². The predicted octanol–water partition coefficient (Wildman–Crippen LogP) is 3.85. The SMILES string of the molecule is CCC1CC(Nc2cc(F)ccc2Cl)CCO1. The minimum atomic E-state index is -0.268. The van der Waals surface area contributed by atoms with E-state index in [4.69, 9.17) is 16.3 Å². The molecule has 1 saturated heterocycles. The molecular weight excluding hydrogens is 241 g/mol. The van der Waals surface area contributed by atoms with E-state index < -0.39 is 0 Å². The first-order valence-corrected chi connectivity index (χ1v) is 6.40. The molecular formula is C13H17ClFNO. The first-order chi connectivity index (χ1) is 8.19. The van der Waals surface area contributed by atoms with Crippen LogP contribution >= 0.6 is 11.6 Å². The molecule has 2 nitrogen and oxygen atoms in total. The van der Waals surface area contributed by atoms with Crippen LogP contribution in [-0.4, -0.2) is 18.8 Å². The van der Waals surface area contributed by atoms with Crippen molar-refractivity contribution in [2.75, 3.05) is 11.9 Å². The smallest absolute Gasteiger partial charge is 0.125 e. The van der Waals surface area contributed by atoms with Crippen molar-refractivity contribution in [1.29, 1.82) is 0 Å².